The number of para-hydroxylation sites is 1. The predicted octanol–water partition coefficient (Wildman–Crippen LogP) is 4.46. The molecule has 5 rings (SSSR count). The molecule has 0 fully saturated rings. The first-order chi connectivity index (χ1) is 13.8. The maximum atomic E-state index is 10.6. The summed E-state index contributed by atoms with van der Waals surface area (Å²) in [6, 6.07) is 17.9. The van der Waals surface area contributed by atoms with Gasteiger partial charge in [0.1, 0.15) is 11.6 Å². The lowest BCUT2D eigenvalue weighted by molar-refractivity contribution is 0.215. The number of benzene rings is 2. The molecular weight excluding hydrogens is 370 g/mol. The largest absolute Gasteiger partial charge is 0.504 e. The third-order valence-electron chi connectivity index (χ3n) is 4.85. The molecule has 28 heavy (non-hydrogen) atoms. The lowest BCUT2D eigenvalue weighted by Crippen LogP contribution is -2.25. The Balaban J connectivity index is 1.49. The maximum Gasteiger partial charge on any atom is 0.165 e. The van der Waals surface area contributed by atoms with E-state index in [9.17, 15) is 5.11 Å². The van der Waals surface area contributed by atoms with Gasteiger partial charge in [-0.25, -0.2) is 4.98 Å². The van der Waals surface area contributed by atoms with Crippen LogP contribution in [0.25, 0.3) is 20.8 Å². The van der Waals surface area contributed by atoms with E-state index in [0.717, 1.165) is 45.1 Å². The van der Waals surface area contributed by atoms with E-state index < -0.39 is 0 Å². The van der Waals surface area contributed by atoms with Gasteiger partial charge in [0.2, 0.25) is 0 Å². The monoisotopic (exact) mass is 389 g/mol. The van der Waals surface area contributed by atoms with Gasteiger partial charge in [-0.15, -0.1) is 11.3 Å². The summed E-state index contributed by atoms with van der Waals surface area (Å²) in [6.07, 6.45) is 1.81. The van der Waals surface area contributed by atoms with Gasteiger partial charge in [0.15, 0.2) is 11.5 Å². The highest BCUT2D eigenvalue weighted by molar-refractivity contribution is 7.21. The van der Waals surface area contributed by atoms with E-state index in [1.54, 1.807) is 17.4 Å². The molecule has 1 aliphatic heterocycles. The average molecular weight is 389 g/mol. The molecule has 2 aromatic carbocycles. The van der Waals surface area contributed by atoms with Crippen molar-refractivity contribution < 1.29 is 9.84 Å². The SMILES string of the molecule is Oc1cc(-c2nc3ccccc3s2)cc2c1OCCN(Cc1ccccn1)C2. The van der Waals surface area contributed by atoms with E-state index in [2.05, 4.69) is 22.0 Å². The van der Waals surface area contributed by atoms with Crippen LogP contribution in [0.4, 0.5) is 0 Å². The van der Waals surface area contributed by atoms with Gasteiger partial charge in [0.25, 0.3) is 0 Å². The summed E-state index contributed by atoms with van der Waals surface area (Å²) in [7, 11) is 0. The van der Waals surface area contributed by atoms with Crippen molar-refractivity contribution in [1.82, 2.24) is 14.9 Å². The molecule has 140 valence electrons. The smallest absolute Gasteiger partial charge is 0.165 e. The zero-order chi connectivity index (χ0) is 18.9. The highest BCUT2D eigenvalue weighted by atomic mass is 32.1. The third kappa shape index (κ3) is 3.32. The molecule has 2 aromatic heterocycles. The second-order valence-corrected chi connectivity index (χ2v) is 7.88. The van der Waals surface area contributed by atoms with Gasteiger partial charge in [0, 0.05) is 37.0 Å². The summed E-state index contributed by atoms with van der Waals surface area (Å²) in [5, 5.41) is 11.5. The number of phenols is 1. The number of hydrogen-bond donors (Lipinski definition) is 1. The minimum absolute atomic E-state index is 0.173. The Bertz CT molecular complexity index is 1090. The van der Waals surface area contributed by atoms with Crippen LogP contribution in [0.3, 0.4) is 0 Å². The number of pyridine rings is 1. The first-order valence-corrected chi connectivity index (χ1v) is 10.0. The lowest BCUT2D eigenvalue weighted by atomic mass is 10.1. The van der Waals surface area contributed by atoms with Crippen molar-refractivity contribution in [3.63, 3.8) is 0 Å². The molecule has 1 N–H and O–H groups in total. The van der Waals surface area contributed by atoms with Crippen LogP contribution in [0.15, 0.2) is 60.8 Å². The Labute approximate surface area is 166 Å². The molecule has 0 saturated heterocycles. The summed E-state index contributed by atoms with van der Waals surface area (Å²) in [4.78, 5) is 11.4. The first kappa shape index (κ1) is 17.2. The number of rotatable bonds is 3. The standard InChI is InChI=1S/C22H19N3O2S/c26-19-12-15(22-24-18-6-1-2-7-20(18)28-22)11-16-13-25(9-10-27-21(16)19)14-17-5-3-4-8-23-17/h1-8,11-12,26H,9-10,13-14H2. The van der Waals surface area contributed by atoms with Crippen molar-refractivity contribution >= 4 is 21.6 Å². The normalized spacial score (nSPS) is 14.4. The number of aromatic nitrogens is 2. The van der Waals surface area contributed by atoms with Gasteiger partial charge in [-0.2, -0.15) is 0 Å². The Hall–Kier alpha value is -2.96. The van der Waals surface area contributed by atoms with E-state index in [1.165, 1.54) is 0 Å². The molecule has 3 heterocycles. The number of fused-ring (bicyclic) bond motifs is 2. The van der Waals surface area contributed by atoms with Crippen LogP contribution in [0.2, 0.25) is 0 Å². The fourth-order valence-electron chi connectivity index (χ4n) is 3.53. The summed E-state index contributed by atoms with van der Waals surface area (Å²) < 4.78 is 7.01. The Morgan fingerprint density at radius 2 is 2.00 bits per heavy atom. The van der Waals surface area contributed by atoms with Gasteiger partial charge in [-0.3, -0.25) is 9.88 Å². The van der Waals surface area contributed by atoms with Crippen LogP contribution in [-0.2, 0) is 13.1 Å². The van der Waals surface area contributed by atoms with Crippen molar-refractivity contribution in [1.29, 1.82) is 0 Å². The second-order valence-electron chi connectivity index (χ2n) is 6.85. The number of nitrogens with zero attached hydrogens (tertiary/aromatic N) is 3. The van der Waals surface area contributed by atoms with E-state index in [1.807, 2.05) is 42.6 Å². The maximum absolute atomic E-state index is 10.6. The summed E-state index contributed by atoms with van der Waals surface area (Å²) in [6.45, 7) is 2.75. The van der Waals surface area contributed by atoms with Gasteiger partial charge in [0.05, 0.1) is 15.9 Å². The predicted molar refractivity (Wildman–Crippen MR) is 111 cm³/mol. The van der Waals surface area contributed by atoms with E-state index in [-0.39, 0.29) is 5.75 Å². The number of ether oxygens (including phenoxy) is 1. The summed E-state index contributed by atoms with van der Waals surface area (Å²) in [5.41, 5.74) is 3.89. The van der Waals surface area contributed by atoms with Crippen molar-refractivity contribution in [2.45, 2.75) is 13.1 Å². The molecule has 5 nitrogen and oxygen atoms in total. The zero-order valence-corrected chi connectivity index (χ0v) is 16.0. The van der Waals surface area contributed by atoms with Gasteiger partial charge in [-0.05, 0) is 36.4 Å². The number of aromatic hydroxyl groups is 1. The minimum atomic E-state index is 0.173. The van der Waals surface area contributed by atoms with Gasteiger partial charge >= 0.3 is 0 Å². The van der Waals surface area contributed by atoms with Crippen molar-refractivity contribution in [2.75, 3.05) is 13.2 Å². The molecule has 0 aliphatic carbocycles. The average Bonchev–Trinajstić information content (AvgIpc) is 3.04. The van der Waals surface area contributed by atoms with Gasteiger partial charge in [-0.1, -0.05) is 18.2 Å². The fourth-order valence-corrected chi connectivity index (χ4v) is 4.48. The molecule has 0 amide bonds. The summed E-state index contributed by atoms with van der Waals surface area (Å²) in [5.74, 6) is 0.750. The first-order valence-electron chi connectivity index (χ1n) is 9.23. The zero-order valence-electron chi connectivity index (χ0n) is 15.2. The molecule has 0 radical (unpaired) electrons. The molecule has 0 unspecified atom stereocenters. The van der Waals surface area contributed by atoms with E-state index in [4.69, 9.17) is 9.72 Å². The molecular formula is C22H19N3O2S. The van der Waals surface area contributed by atoms with Gasteiger partial charge < -0.3 is 9.84 Å². The number of hydrogen-bond acceptors (Lipinski definition) is 6. The van der Waals surface area contributed by atoms with E-state index in [0.29, 0.717) is 18.9 Å². The van der Waals surface area contributed by atoms with E-state index >= 15 is 0 Å². The Kier molecular flexibility index (Phi) is 4.43. The highest BCUT2D eigenvalue weighted by Crippen LogP contribution is 2.39. The quantitative estimate of drug-likeness (QED) is 0.561. The molecule has 6 heteroatoms. The third-order valence-corrected chi connectivity index (χ3v) is 5.93. The number of thiazole rings is 1. The van der Waals surface area contributed by atoms with Crippen LogP contribution in [-0.4, -0.2) is 33.1 Å². The molecule has 1 aliphatic rings. The fraction of sp³-hybridized carbons (Fsp3) is 0.182. The molecule has 0 bridgehead atoms. The Morgan fingerprint density at radius 1 is 1.11 bits per heavy atom. The molecule has 4 aromatic rings. The highest BCUT2D eigenvalue weighted by Gasteiger charge is 2.21. The lowest BCUT2D eigenvalue weighted by Gasteiger charge is -2.18. The Morgan fingerprint density at radius 3 is 2.86 bits per heavy atom. The number of phenolic OH excluding ortho intramolecular Hbond substituents is 1. The van der Waals surface area contributed by atoms with Crippen LogP contribution in [0.5, 0.6) is 11.5 Å². The summed E-state index contributed by atoms with van der Waals surface area (Å²) >= 11 is 1.63. The van der Waals surface area contributed by atoms with Crippen molar-refractivity contribution in [2.24, 2.45) is 0 Å². The van der Waals surface area contributed by atoms with Crippen LogP contribution >= 0.6 is 11.3 Å². The van der Waals surface area contributed by atoms with Crippen molar-refractivity contribution in [3.8, 4) is 22.1 Å². The topological polar surface area (TPSA) is 58.5 Å². The molecule has 0 atom stereocenters. The molecule has 0 saturated carbocycles. The van der Waals surface area contributed by atoms with Crippen LogP contribution in [0.1, 0.15) is 11.3 Å². The van der Waals surface area contributed by atoms with Crippen LogP contribution in [0, 0.1) is 0 Å². The minimum Gasteiger partial charge on any atom is -0.504 e. The second kappa shape index (κ2) is 7.22. The van der Waals surface area contributed by atoms with Crippen LogP contribution < -0.4 is 4.74 Å². The van der Waals surface area contributed by atoms with Crippen molar-refractivity contribution in [3.05, 3.63) is 72.1 Å². The molecule has 0 spiro atoms.